The number of oxime groups is 1. The second-order valence-corrected chi connectivity index (χ2v) is 14.0. The molecule has 210 valence electrons. The van der Waals surface area contributed by atoms with Gasteiger partial charge in [0.2, 0.25) is 0 Å². The Morgan fingerprint density at radius 1 is 1.00 bits per heavy atom. The van der Waals surface area contributed by atoms with Crippen LogP contribution < -0.4 is 0 Å². The van der Waals surface area contributed by atoms with Crippen molar-refractivity contribution < 1.29 is 24.3 Å². The van der Waals surface area contributed by atoms with Crippen molar-refractivity contribution in [2.75, 3.05) is 0 Å². The molecule has 1 N–H and O–H groups in total. The highest BCUT2D eigenvalue weighted by Gasteiger charge is 2.69. The van der Waals surface area contributed by atoms with Gasteiger partial charge in [0.15, 0.2) is 5.60 Å². The van der Waals surface area contributed by atoms with Gasteiger partial charge in [-0.3, -0.25) is 9.59 Å². The maximum Gasteiger partial charge on any atom is 0.303 e. The summed E-state index contributed by atoms with van der Waals surface area (Å²) in [7, 11) is 0. The number of esters is 2. The molecule has 0 amide bonds. The second kappa shape index (κ2) is 10.5. The van der Waals surface area contributed by atoms with E-state index in [0.29, 0.717) is 41.7 Å². The van der Waals surface area contributed by atoms with Gasteiger partial charge in [0.05, 0.1) is 0 Å². The summed E-state index contributed by atoms with van der Waals surface area (Å²) in [6, 6.07) is 0. The average molecular weight is 518 g/mol. The average Bonchev–Trinajstić information content (AvgIpc) is 3.15. The molecule has 0 aliphatic heterocycles. The van der Waals surface area contributed by atoms with Crippen LogP contribution in [0.4, 0.5) is 0 Å². The Kier molecular flexibility index (Phi) is 8.08. The summed E-state index contributed by atoms with van der Waals surface area (Å²) in [5.41, 5.74) is -0.474. The molecule has 4 rings (SSSR count). The molecular formula is C31H51NO5. The minimum Gasteiger partial charge on any atom is -0.462 e. The molecule has 0 aromatic heterocycles. The molecule has 4 aliphatic rings. The van der Waals surface area contributed by atoms with E-state index in [1.165, 1.54) is 52.4 Å². The zero-order valence-electron chi connectivity index (χ0n) is 24.3. The van der Waals surface area contributed by atoms with Gasteiger partial charge in [0.1, 0.15) is 11.8 Å². The Hall–Kier alpha value is -1.59. The molecule has 0 unspecified atom stereocenters. The van der Waals surface area contributed by atoms with Crippen LogP contribution in [0.1, 0.15) is 119 Å². The van der Waals surface area contributed by atoms with Gasteiger partial charge in [-0.05, 0) is 85.9 Å². The molecule has 4 fully saturated rings. The van der Waals surface area contributed by atoms with E-state index in [1.54, 1.807) is 0 Å². The van der Waals surface area contributed by atoms with Crippen LogP contribution in [0.2, 0.25) is 0 Å². The Labute approximate surface area is 224 Å². The highest BCUT2D eigenvalue weighted by atomic mass is 16.6. The van der Waals surface area contributed by atoms with Crippen molar-refractivity contribution in [1.82, 2.24) is 0 Å². The number of ether oxygens (including phenoxy) is 2. The lowest BCUT2D eigenvalue weighted by Crippen LogP contribution is -2.68. The van der Waals surface area contributed by atoms with Crippen molar-refractivity contribution >= 4 is 17.7 Å². The molecule has 37 heavy (non-hydrogen) atoms. The van der Waals surface area contributed by atoms with Crippen LogP contribution in [0, 0.1) is 46.3 Å². The Balaban J connectivity index is 1.63. The Morgan fingerprint density at radius 3 is 2.35 bits per heavy atom. The maximum absolute atomic E-state index is 12.5. The van der Waals surface area contributed by atoms with Crippen LogP contribution in [0.25, 0.3) is 0 Å². The predicted molar refractivity (Wildman–Crippen MR) is 144 cm³/mol. The fraction of sp³-hybridized carbons (Fsp3) is 0.903. The first-order chi connectivity index (χ1) is 17.4. The highest BCUT2D eigenvalue weighted by Crippen LogP contribution is 2.69. The van der Waals surface area contributed by atoms with Crippen LogP contribution in [0.15, 0.2) is 5.16 Å². The molecule has 0 bridgehead atoms. The third kappa shape index (κ3) is 4.84. The summed E-state index contributed by atoms with van der Waals surface area (Å²) in [6.07, 6.45) is 11.0. The first-order valence-corrected chi connectivity index (χ1v) is 15.0. The SMILES string of the molecule is CC(=O)O[C@@H]1CC[C@]2(C)[C@H]3CC[C@]4(C)[C@@H]([C@@H](C)CCCC(C)C)CC[C@H]4[C@@H]3C/C(=N/O)[C@@]2(OC(C)=O)C1. The van der Waals surface area contributed by atoms with Gasteiger partial charge in [-0.15, -0.1) is 0 Å². The van der Waals surface area contributed by atoms with Crippen LogP contribution in [-0.2, 0) is 19.1 Å². The van der Waals surface area contributed by atoms with Crippen LogP contribution in [-0.4, -0.2) is 34.6 Å². The van der Waals surface area contributed by atoms with Gasteiger partial charge in [-0.25, -0.2) is 0 Å². The van der Waals surface area contributed by atoms with E-state index in [-0.39, 0.29) is 23.5 Å². The van der Waals surface area contributed by atoms with E-state index in [1.807, 2.05) is 0 Å². The molecule has 6 nitrogen and oxygen atoms in total. The molecular weight excluding hydrogens is 466 g/mol. The molecule has 0 heterocycles. The number of nitrogens with zero attached hydrogens (tertiary/aromatic N) is 1. The molecule has 9 atom stereocenters. The summed E-state index contributed by atoms with van der Waals surface area (Å²) in [5.74, 6) is 2.96. The van der Waals surface area contributed by atoms with Crippen molar-refractivity contribution in [2.45, 2.75) is 131 Å². The van der Waals surface area contributed by atoms with Gasteiger partial charge in [0.25, 0.3) is 0 Å². The largest absolute Gasteiger partial charge is 0.462 e. The molecule has 0 saturated heterocycles. The molecule has 0 aromatic carbocycles. The zero-order chi connectivity index (χ0) is 27.2. The molecule has 0 radical (unpaired) electrons. The van der Waals surface area contributed by atoms with E-state index >= 15 is 0 Å². The number of rotatable bonds is 7. The monoisotopic (exact) mass is 517 g/mol. The second-order valence-electron chi connectivity index (χ2n) is 14.0. The smallest absolute Gasteiger partial charge is 0.303 e. The third-order valence-corrected chi connectivity index (χ3v) is 11.5. The van der Waals surface area contributed by atoms with Crippen LogP contribution in [0.3, 0.4) is 0 Å². The fourth-order valence-electron chi connectivity index (χ4n) is 9.95. The Morgan fingerprint density at radius 2 is 1.73 bits per heavy atom. The lowest BCUT2D eigenvalue weighted by Gasteiger charge is -2.64. The maximum atomic E-state index is 12.5. The number of carbonyl (C=O) groups excluding carboxylic acids is 2. The summed E-state index contributed by atoms with van der Waals surface area (Å²) >= 11 is 0. The minimum atomic E-state index is -1.02. The molecule has 6 heteroatoms. The van der Waals surface area contributed by atoms with E-state index in [9.17, 15) is 14.8 Å². The van der Waals surface area contributed by atoms with Crippen LogP contribution >= 0.6 is 0 Å². The lowest BCUT2D eigenvalue weighted by molar-refractivity contribution is -0.204. The summed E-state index contributed by atoms with van der Waals surface area (Å²) < 4.78 is 11.8. The first-order valence-electron chi connectivity index (χ1n) is 15.0. The molecule has 4 saturated carbocycles. The fourth-order valence-corrected chi connectivity index (χ4v) is 9.95. The van der Waals surface area contributed by atoms with Crippen LogP contribution in [0.5, 0.6) is 0 Å². The number of fused-ring (bicyclic) bond motifs is 5. The molecule has 0 spiro atoms. The van der Waals surface area contributed by atoms with E-state index < -0.39 is 5.60 Å². The summed E-state index contributed by atoms with van der Waals surface area (Å²) in [4.78, 5) is 24.3. The number of carbonyl (C=O) groups is 2. The normalized spacial score (nSPS) is 43.0. The van der Waals surface area contributed by atoms with Gasteiger partial charge in [0, 0.05) is 25.7 Å². The van der Waals surface area contributed by atoms with Crippen molar-refractivity contribution in [1.29, 1.82) is 0 Å². The number of hydrogen-bond acceptors (Lipinski definition) is 6. The van der Waals surface area contributed by atoms with Crippen molar-refractivity contribution in [3.8, 4) is 0 Å². The number of hydrogen-bond donors (Lipinski definition) is 1. The highest BCUT2D eigenvalue weighted by molar-refractivity contribution is 5.96. The van der Waals surface area contributed by atoms with Crippen molar-refractivity contribution in [3.05, 3.63) is 0 Å². The third-order valence-electron chi connectivity index (χ3n) is 11.5. The van der Waals surface area contributed by atoms with E-state index in [2.05, 4.69) is 39.8 Å². The van der Waals surface area contributed by atoms with E-state index in [0.717, 1.165) is 37.0 Å². The first kappa shape index (κ1) is 28.4. The van der Waals surface area contributed by atoms with Crippen molar-refractivity contribution in [2.24, 2.45) is 51.5 Å². The van der Waals surface area contributed by atoms with Gasteiger partial charge >= 0.3 is 11.9 Å². The quantitative estimate of drug-likeness (QED) is 0.220. The predicted octanol–water partition coefficient (Wildman–Crippen LogP) is 7.17. The van der Waals surface area contributed by atoms with Gasteiger partial charge < -0.3 is 14.7 Å². The molecule has 4 aliphatic carbocycles. The van der Waals surface area contributed by atoms with Gasteiger partial charge in [-0.2, -0.15) is 0 Å². The minimum absolute atomic E-state index is 0.311. The summed E-state index contributed by atoms with van der Waals surface area (Å²) in [5, 5.41) is 14.2. The van der Waals surface area contributed by atoms with Gasteiger partial charge in [-0.1, -0.05) is 59.0 Å². The molecule has 0 aromatic rings. The lowest BCUT2D eigenvalue weighted by atomic mass is 9.42. The van der Waals surface area contributed by atoms with Crippen molar-refractivity contribution in [3.63, 3.8) is 0 Å². The summed E-state index contributed by atoms with van der Waals surface area (Å²) in [6.45, 7) is 14.8. The Bertz CT molecular complexity index is 900. The topological polar surface area (TPSA) is 85.2 Å². The van der Waals surface area contributed by atoms with E-state index in [4.69, 9.17) is 9.47 Å². The zero-order valence-corrected chi connectivity index (χ0v) is 24.3. The standard InChI is InChI=1S/C31H51NO5/c1-19(2)9-8-10-20(3)25-11-12-26-24-17-28(32-35)31(37-22(5)34)18-23(36-21(4)33)13-16-30(31,7)27(24)14-15-29(25,26)6/h19-20,23-27,35H,8-18H2,1-7H3/b32-28-/t20-,23+,24-,25+,26-,27-,29+,30+,31-/m0/s1.